The van der Waals surface area contributed by atoms with Gasteiger partial charge in [0.2, 0.25) is 0 Å². The Balaban J connectivity index is 1.41. The number of carbonyl (C=O) groups is 2. The smallest absolute Gasteiger partial charge is 0.264 e. The first-order valence-corrected chi connectivity index (χ1v) is 12.5. The lowest BCUT2D eigenvalue weighted by atomic mass is 10.1. The van der Waals surface area contributed by atoms with Gasteiger partial charge >= 0.3 is 0 Å². The number of carbonyl (C=O) groups excluding carboxylic acids is 2. The van der Waals surface area contributed by atoms with Crippen molar-refractivity contribution in [3.8, 4) is 11.5 Å². The molecule has 1 aliphatic rings. The molecular weight excluding hydrogens is 466 g/mol. The highest BCUT2D eigenvalue weighted by Crippen LogP contribution is 2.37. The number of thiophene rings is 1. The number of nitrogens with one attached hydrogen (secondary N) is 1. The van der Waals surface area contributed by atoms with Crippen LogP contribution in [0, 0.1) is 12.8 Å². The molecule has 2 amide bonds. The van der Waals surface area contributed by atoms with E-state index < -0.39 is 6.10 Å². The lowest BCUT2D eigenvalue weighted by Crippen LogP contribution is -2.28. The third-order valence-electron chi connectivity index (χ3n) is 6.00. The van der Waals surface area contributed by atoms with Crippen LogP contribution in [0.3, 0.4) is 0 Å². The van der Waals surface area contributed by atoms with Gasteiger partial charge in [0.25, 0.3) is 11.8 Å². The van der Waals surface area contributed by atoms with Crippen molar-refractivity contribution in [1.29, 1.82) is 0 Å². The van der Waals surface area contributed by atoms with Crippen molar-refractivity contribution in [3.63, 3.8) is 0 Å². The lowest BCUT2D eigenvalue weighted by molar-refractivity contribution is 0.0769. The predicted octanol–water partition coefficient (Wildman–Crippen LogP) is 4.74. The molecule has 5 rings (SSSR count). The molecule has 182 valence electrons. The Kier molecular flexibility index (Phi) is 6.21. The number of furan rings is 1. The van der Waals surface area contributed by atoms with Crippen LogP contribution in [0.4, 0.5) is 0 Å². The average Bonchev–Trinajstić information content (AvgIpc) is 3.53. The summed E-state index contributed by atoms with van der Waals surface area (Å²) < 4.78 is 12.8. The van der Waals surface area contributed by atoms with Crippen LogP contribution in [0.25, 0.3) is 21.2 Å². The molecule has 0 radical (unpaired) electrons. The van der Waals surface area contributed by atoms with Crippen LogP contribution < -0.4 is 10.1 Å². The third kappa shape index (κ3) is 4.61. The van der Waals surface area contributed by atoms with Gasteiger partial charge in [0.05, 0.1) is 26.8 Å². The summed E-state index contributed by atoms with van der Waals surface area (Å²) in [6.45, 7) is 7.36. The molecule has 2 N–H and O–H groups in total. The molecule has 1 aliphatic heterocycles. The number of fused-ring (bicyclic) bond motifs is 2. The molecule has 8 nitrogen and oxygen atoms in total. The molecule has 0 aliphatic carbocycles. The summed E-state index contributed by atoms with van der Waals surface area (Å²) in [6, 6.07) is 8.91. The highest BCUT2D eigenvalue weighted by Gasteiger charge is 2.27. The number of hydrogen-bond acceptors (Lipinski definition) is 7. The fourth-order valence-electron chi connectivity index (χ4n) is 4.24. The molecule has 4 heterocycles. The van der Waals surface area contributed by atoms with Crippen molar-refractivity contribution in [2.45, 2.75) is 33.3 Å². The number of likely N-dealkylation sites (tertiary alicyclic amines) is 1. The first kappa shape index (κ1) is 23.3. The number of rotatable bonds is 6. The molecule has 1 unspecified atom stereocenters. The fraction of sp³-hybridized carbons (Fsp3) is 0.346. The number of benzene rings is 1. The maximum absolute atomic E-state index is 12.9. The van der Waals surface area contributed by atoms with Crippen LogP contribution in [0.5, 0.6) is 11.5 Å². The van der Waals surface area contributed by atoms with Gasteiger partial charge in [-0.1, -0.05) is 13.8 Å². The van der Waals surface area contributed by atoms with Crippen molar-refractivity contribution < 1.29 is 23.8 Å². The third-order valence-corrected chi connectivity index (χ3v) is 7.13. The normalized spacial score (nSPS) is 15.9. The monoisotopic (exact) mass is 493 g/mol. The molecule has 9 heteroatoms. The van der Waals surface area contributed by atoms with Crippen molar-refractivity contribution in [3.05, 3.63) is 52.7 Å². The van der Waals surface area contributed by atoms with E-state index in [1.165, 1.54) is 11.3 Å². The Labute approximate surface area is 206 Å². The van der Waals surface area contributed by atoms with E-state index in [1.807, 2.05) is 19.9 Å². The van der Waals surface area contributed by atoms with Gasteiger partial charge < -0.3 is 24.5 Å². The minimum Gasteiger partial charge on any atom is -0.460 e. The van der Waals surface area contributed by atoms with E-state index in [-0.39, 0.29) is 11.8 Å². The van der Waals surface area contributed by atoms with Crippen LogP contribution in [-0.2, 0) is 0 Å². The van der Waals surface area contributed by atoms with Gasteiger partial charge in [-0.3, -0.25) is 14.6 Å². The second-order valence-electron chi connectivity index (χ2n) is 9.22. The fourth-order valence-corrected chi connectivity index (χ4v) is 5.27. The summed E-state index contributed by atoms with van der Waals surface area (Å²) in [6.07, 6.45) is 1.77. The predicted molar refractivity (Wildman–Crippen MR) is 134 cm³/mol. The van der Waals surface area contributed by atoms with E-state index >= 15 is 0 Å². The molecule has 1 saturated heterocycles. The van der Waals surface area contributed by atoms with Gasteiger partial charge in [0, 0.05) is 43.4 Å². The number of hydrogen-bond donors (Lipinski definition) is 2. The van der Waals surface area contributed by atoms with Crippen LogP contribution in [0.1, 0.15) is 46.1 Å². The molecule has 0 saturated carbocycles. The van der Waals surface area contributed by atoms with E-state index in [0.717, 1.165) is 10.1 Å². The van der Waals surface area contributed by atoms with E-state index in [0.29, 0.717) is 70.8 Å². The van der Waals surface area contributed by atoms with Gasteiger partial charge in [-0.05, 0) is 37.5 Å². The number of nitrogens with zero attached hydrogens (tertiary/aromatic N) is 2. The number of aryl methyl sites for hydroxylation is 1. The standard InChI is InChI=1S/C26H27N3O5S/c1-14(2)12-28-25(31)23-15(3)33-21-10-17(4-5-18(21)23)34-20-6-8-27-19-11-22(35-24(19)20)26(32)29-9-7-16(30)13-29/h4-6,8,10-11,14,16,30H,7,9,12-13H2,1-3H3,(H,28,31). The SMILES string of the molecule is Cc1oc2cc(Oc3ccnc4cc(C(=O)N5CCC(O)C5)sc34)ccc2c1C(=O)NCC(C)C. The minimum atomic E-state index is -0.465. The number of aromatic nitrogens is 1. The number of pyridine rings is 1. The van der Waals surface area contributed by atoms with Crippen LogP contribution >= 0.6 is 11.3 Å². The Morgan fingerprint density at radius 3 is 2.89 bits per heavy atom. The number of ether oxygens (including phenoxy) is 1. The summed E-state index contributed by atoms with van der Waals surface area (Å²) in [5, 5.41) is 13.4. The van der Waals surface area contributed by atoms with E-state index in [2.05, 4.69) is 10.3 Å². The Hall–Kier alpha value is -3.43. The second-order valence-corrected chi connectivity index (χ2v) is 10.3. The number of aliphatic hydroxyl groups is 1. The summed E-state index contributed by atoms with van der Waals surface area (Å²) in [5.74, 6) is 1.78. The van der Waals surface area contributed by atoms with Crippen molar-refractivity contribution >= 4 is 44.3 Å². The molecule has 1 aromatic carbocycles. The van der Waals surface area contributed by atoms with E-state index in [1.54, 1.807) is 42.3 Å². The Bertz CT molecular complexity index is 1420. The molecule has 35 heavy (non-hydrogen) atoms. The minimum absolute atomic E-state index is 0.105. The van der Waals surface area contributed by atoms with Crippen molar-refractivity contribution in [1.82, 2.24) is 15.2 Å². The highest BCUT2D eigenvalue weighted by atomic mass is 32.1. The second kappa shape index (κ2) is 9.31. The maximum Gasteiger partial charge on any atom is 0.264 e. The molecule has 0 spiro atoms. The quantitative estimate of drug-likeness (QED) is 0.402. The summed E-state index contributed by atoms with van der Waals surface area (Å²) in [4.78, 5) is 32.2. The average molecular weight is 494 g/mol. The molecule has 0 bridgehead atoms. The summed E-state index contributed by atoms with van der Waals surface area (Å²) in [7, 11) is 0. The lowest BCUT2D eigenvalue weighted by Gasteiger charge is -2.13. The Morgan fingerprint density at radius 1 is 1.31 bits per heavy atom. The summed E-state index contributed by atoms with van der Waals surface area (Å²) in [5.41, 5.74) is 1.77. The molecule has 3 aromatic heterocycles. The number of amides is 2. The van der Waals surface area contributed by atoms with Crippen LogP contribution in [0.2, 0.25) is 0 Å². The number of aliphatic hydroxyl groups excluding tert-OH is 1. The first-order chi connectivity index (χ1) is 16.8. The van der Waals surface area contributed by atoms with Crippen molar-refractivity contribution in [2.24, 2.45) is 5.92 Å². The summed E-state index contributed by atoms with van der Waals surface area (Å²) >= 11 is 1.32. The molecule has 1 atom stereocenters. The van der Waals surface area contributed by atoms with Gasteiger partial charge in [-0.25, -0.2) is 0 Å². The topological polar surface area (TPSA) is 105 Å². The Morgan fingerprint density at radius 2 is 2.14 bits per heavy atom. The van der Waals surface area contributed by atoms with Crippen LogP contribution in [-0.4, -0.2) is 52.5 Å². The molecular formula is C26H27N3O5S. The van der Waals surface area contributed by atoms with Crippen molar-refractivity contribution in [2.75, 3.05) is 19.6 Å². The number of β-amino-alcohol motifs (C(OH)–C–C–N with tert-alkyl or cyclic N) is 1. The molecule has 4 aromatic rings. The van der Waals surface area contributed by atoms with Gasteiger partial charge in [-0.2, -0.15) is 0 Å². The zero-order chi connectivity index (χ0) is 24.7. The zero-order valence-corrected chi connectivity index (χ0v) is 20.6. The highest BCUT2D eigenvalue weighted by molar-refractivity contribution is 7.21. The van der Waals surface area contributed by atoms with Gasteiger partial charge in [0.15, 0.2) is 0 Å². The first-order valence-electron chi connectivity index (χ1n) is 11.6. The largest absolute Gasteiger partial charge is 0.460 e. The van der Waals surface area contributed by atoms with E-state index in [9.17, 15) is 14.7 Å². The molecule has 1 fully saturated rings. The van der Waals surface area contributed by atoms with Gasteiger partial charge in [0.1, 0.15) is 22.8 Å². The van der Waals surface area contributed by atoms with Crippen LogP contribution in [0.15, 0.2) is 40.9 Å². The van der Waals surface area contributed by atoms with Gasteiger partial charge in [-0.15, -0.1) is 11.3 Å². The zero-order valence-electron chi connectivity index (χ0n) is 19.8. The maximum atomic E-state index is 12.9. The van der Waals surface area contributed by atoms with E-state index in [4.69, 9.17) is 9.15 Å².